The molecule has 0 bridgehead atoms. The van der Waals surface area contributed by atoms with Gasteiger partial charge < -0.3 is 24.3 Å². The number of rotatable bonds is 7. The van der Waals surface area contributed by atoms with Gasteiger partial charge >= 0.3 is 12.6 Å². The van der Waals surface area contributed by atoms with E-state index in [4.69, 9.17) is 9.47 Å². The molecule has 1 heterocycles. The first-order valence-corrected chi connectivity index (χ1v) is 8.91. The molecule has 0 radical (unpaired) electrons. The second-order valence-electron chi connectivity index (χ2n) is 6.21. The van der Waals surface area contributed by atoms with Crippen molar-refractivity contribution in [1.29, 1.82) is 0 Å². The Labute approximate surface area is 171 Å². The number of hydrogen-bond acceptors (Lipinski definition) is 6. The number of carbonyl (C=O) groups excluding carboxylic acids is 2. The van der Waals surface area contributed by atoms with Gasteiger partial charge in [-0.3, -0.25) is 4.79 Å². The van der Waals surface area contributed by atoms with E-state index >= 15 is 0 Å². The number of halogens is 2. The highest BCUT2D eigenvalue weighted by atomic mass is 19.3. The van der Waals surface area contributed by atoms with Crippen molar-refractivity contribution in [2.75, 3.05) is 26.1 Å². The predicted molar refractivity (Wildman–Crippen MR) is 104 cm³/mol. The molecule has 0 saturated heterocycles. The molecule has 0 unspecified atom stereocenters. The molecule has 1 N–H and O–H groups in total. The van der Waals surface area contributed by atoms with Crippen molar-refractivity contribution in [3.63, 3.8) is 0 Å². The van der Waals surface area contributed by atoms with Crippen LogP contribution in [0, 0.1) is 0 Å². The van der Waals surface area contributed by atoms with E-state index in [-0.39, 0.29) is 22.7 Å². The lowest BCUT2D eigenvalue weighted by Gasteiger charge is -2.15. The maximum Gasteiger partial charge on any atom is 0.387 e. The number of anilines is 1. The number of nitrogens with one attached hydrogen (secondary N) is 1. The lowest BCUT2D eigenvalue weighted by molar-refractivity contribution is -0.111. The van der Waals surface area contributed by atoms with Crippen molar-refractivity contribution >= 4 is 23.6 Å². The zero-order valence-corrected chi connectivity index (χ0v) is 16.2. The van der Waals surface area contributed by atoms with Crippen LogP contribution in [0.4, 0.5) is 14.5 Å². The van der Waals surface area contributed by atoms with Gasteiger partial charge in [-0.1, -0.05) is 6.07 Å². The Morgan fingerprint density at radius 2 is 1.97 bits per heavy atom. The molecule has 9 heteroatoms. The number of esters is 1. The zero-order chi connectivity index (χ0) is 21.7. The van der Waals surface area contributed by atoms with Crippen LogP contribution in [-0.2, 0) is 16.0 Å². The highest BCUT2D eigenvalue weighted by molar-refractivity contribution is 6.07. The normalized spacial score (nSPS) is 12.4. The molecule has 2 aromatic rings. The topological polar surface area (TPSA) is 83.1 Å². The second kappa shape index (κ2) is 9.25. The monoisotopic (exact) mass is 419 g/mol. The lowest BCUT2D eigenvalue weighted by Crippen LogP contribution is -2.14. The van der Waals surface area contributed by atoms with Crippen LogP contribution in [-0.4, -0.2) is 39.3 Å². The van der Waals surface area contributed by atoms with Gasteiger partial charge in [0, 0.05) is 24.6 Å². The summed E-state index contributed by atoms with van der Waals surface area (Å²) in [5, 5.41) is 2.48. The Morgan fingerprint density at radius 3 is 2.67 bits per heavy atom. The quantitative estimate of drug-likeness (QED) is 0.545. The summed E-state index contributed by atoms with van der Waals surface area (Å²) in [6.07, 6.45) is 3.65. The van der Waals surface area contributed by atoms with Crippen LogP contribution in [0.1, 0.15) is 21.5 Å². The first-order valence-electron chi connectivity index (χ1n) is 8.91. The molecule has 1 amide bonds. The standard InChI is InChI=1S/C21H19F2NO6/c1-27-17-10-14(20(26)28-2)15(11-18(17)30-21(22)23)24-19(25)6-4-12-3-5-16-13(9-12)7-8-29-16/h3-6,9-11,21H,7-8H2,1-2H3,(H,24,25)/b6-4+. The number of benzene rings is 2. The number of amides is 1. The van der Waals surface area contributed by atoms with E-state index in [1.54, 1.807) is 12.1 Å². The third-order valence-corrected chi connectivity index (χ3v) is 4.32. The fourth-order valence-electron chi connectivity index (χ4n) is 2.95. The highest BCUT2D eigenvalue weighted by Crippen LogP contribution is 2.35. The molecule has 3 rings (SSSR count). The van der Waals surface area contributed by atoms with Crippen molar-refractivity contribution in [3.8, 4) is 17.2 Å². The average Bonchev–Trinajstić information content (AvgIpc) is 3.19. The molecule has 0 spiro atoms. The number of fused-ring (bicyclic) bond motifs is 1. The smallest absolute Gasteiger partial charge is 0.387 e. The predicted octanol–water partition coefficient (Wildman–Crippen LogP) is 3.67. The van der Waals surface area contributed by atoms with E-state index in [0.717, 1.165) is 42.5 Å². The summed E-state index contributed by atoms with van der Waals surface area (Å²) in [5.74, 6) is -0.980. The molecular formula is C21H19F2NO6. The minimum atomic E-state index is -3.12. The zero-order valence-electron chi connectivity index (χ0n) is 16.2. The lowest BCUT2D eigenvalue weighted by atomic mass is 10.1. The van der Waals surface area contributed by atoms with Gasteiger partial charge in [-0.15, -0.1) is 0 Å². The van der Waals surface area contributed by atoms with E-state index < -0.39 is 18.5 Å². The largest absolute Gasteiger partial charge is 0.493 e. The van der Waals surface area contributed by atoms with Crippen molar-refractivity contribution < 1.29 is 37.3 Å². The van der Waals surface area contributed by atoms with E-state index in [1.165, 1.54) is 13.2 Å². The Balaban J connectivity index is 1.84. The van der Waals surface area contributed by atoms with E-state index in [2.05, 4.69) is 14.8 Å². The SMILES string of the molecule is COC(=O)c1cc(OC)c(OC(F)F)cc1NC(=O)/C=C/c1ccc2c(c1)CCO2. The first-order chi connectivity index (χ1) is 14.4. The molecular weight excluding hydrogens is 400 g/mol. The molecule has 0 atom stereocenters. The van der Waals surface area contributed by atoms with Gasteiger partial charge in [0.15, 0.2) is 11.5 Å². The van der Waals surface area contributed by atoms with E-state index in [9.17, 15) is 18.4 Å². The van der Waals surface area contributed by atoms with Crippen molar-refractivity contribution in [1.82, 2.24) is 0 Å². The van der Waals surface area contributed by atoms with Gasteiger partial charge in [0.25, 0.3) is 0 Å². The van der Waals surface area contributed by atoms with E-state index in [1.807, 2.05) is 12.1 Å². The number of hydrogen-bond donors (Lipinski definition) is 1. The van der Waals surface area contributed by atoms with Gasteiger partial charge in [-0.05, 0) is 29.3 Å². The summed E-state index contributed by atoms with van der Waals surface area (Å²) < 4.78 is 44.9. The maximum atomic E-state index is 12.7. The van der Waals surface area contributed by atoms with Crippen molar-refractivity contribution in [2.45, 2.75) is 13.0 Å². The number of methoxy groups -OCH3 is 2. The molecule has 0 saturated carbocycles. The summed E-state index contributed by atoms with van der Waals surface area (Å²) >= 11 is 0. The average molecular weight is 419 g/mol. The fourth-order valence-corrected chi connectivity index (χ4v) is 2.95. The third-order valence-electron chi connectivity index (χ3n) is 4.32. The molecule has 2 aromatic carbocycles. The number of ether oxygens (including phenoxy) is 4. The minimum Gasteiger partial charge on any atom is -0.493 e. The van der Waals surface area contributed by atoms with Crippen LogP contribution in [0.25, 0.3) is 6.08 Å². The van der Waals surface area contributed by atoms with Crippen LogP contribution >= 0.6 is 0 Å². The van der Waals surface area contributed by atoms with Crippen LogP contribution in [0.5, 0.6) is 17.2 Å². The molecule has 1 aliphatic heterocycles. The van der Waals surface area contributed by atoms with Gasteiger partial charge in [-0.25, -0.2) is 4.79 Å². The summed E-state index contributed by atoms with van der Waals surface area (Å²) in [6, 6.07) is 7.77. The first kappa shape index (κ1) is 21.1. The Morgan fingerprint density at radius 1 is 1.17 bits per heavy atom. The molecule has 158 valence electrons. The van der Waals surface area contributed by atoms with Crippen molar-refractivity contribution in [3.05, 3.63) is 53.1 Å². The molecule has 7 nitrogen and oxygen atoms in total. The highest BCUT2D eigenvalue weighted by Gasteiger charge is 2.20. The molecule has 0 fully saturated rings. The number of alkyl halides is 2. The van der Waals surface area contributed by atoms with Gasteiger partial charge in [0.1, 0.15) is 5.75 Å². The van der Waals surface area contributed by atoms with Crippen molar-refractivity contribution in [2.24, 2.45) is 0 Å². The third kappa shape index (κ3) is 4.86. The van der Waals surface area contributed by atoms with E-state index in [0.29, 0.717) is 6.61 Å². The summed E-state index contributed by atoms with van der Waals surface area (Å²) in [6.45, 7) is -2.49. The molecule has 0 aliphatic carbocycles. The van der Waals surface area contributed by atoms with Crippen LogP contribution in [0.2, 0.25) is 0 Å². The summed E-state index contributed by atoms with van der Waals surface area (Å²) in [5.41, 5.74) is 1.70. The van der Waals surface area contributed by atoms with Gasteiger partial charge in [0.2, 0.25) is 5.91 Å². The van der Waals surface area contributed by atoms with Crippen LogP contribution in [0.15, 0.2) is 36.4 Å². The summed E-state index contributed by atoms with van der Waals surface area (Å²) in [4.78, 5) is 24.4. The Bertz CT molecular complexity index is 990. The molecule has 30 heavy (non-hydrogen) atoms. The number of carbonyl (C=O) groups is 2. The Hall–Kier alpha value is -3.62. The molecule has 0 aromatic heterocycles. The Kier molecular flexibility index (Phi) is 6.51. The van der Waals surface area contributed by atoms with Gasteiger partial charge in [0.05, 0.1) is 32.1 Å². The second-order valence-corrected chi connectivity index (χ2v) is 6.21. The van der Waals surface area contributed by atoms with Crippen LogP contribution in [0.3, 0.4) is 0 Å². The fraction of sp³-hybridized carbons (Fsp3) is 0.238. The minimum absolute atomic E-state index is 0.0599. The molecule has 1 aliphatic rings. The van der Waals surface area contributed by atoms with Gasteiger partial charge in [-0.2, -0.15) is 8.78 Å². The maximum absolute atomic E-state index is 12.7. The van der Waals surface area contributed by atoms with Crippen LogP contribution < -0.4 is 19.5 Å². The summed E-state index contributed by atoms with van der Waals surface area (Å²) in [7, 11) is 2.39.